The fourth-order valence-corrected chi connectivity index (χ4v) is 2.17. The average Bonchev–Trinajstić information content (AvgIpc) is 2.07. The van der Waals surface area contributed by atoms with E-state index in [9.17, 15) is 0 Å². The van der Waals surface area contributed by atoms with Crippen molar-refractivity contribution in [3.63, 3.8) is 0 Å². The highest BCUT2D eigenvalue weighted by atomic mass is 79.9. The standard InChI is InChI=1S/C10H12BrClO/c1-6(2)7-4-9(12)10(13-3)5-8(7)11/h4-6H,1-3H3. The van der Waals surface area contributed by atoms with Gasteiger partial charge >= 0.3 is 0 Å². The van der Waals surface area contributed by atoms with Crippen LogP contribution in [0.3, 0.4) is 0 Å². The Morgan fingerprint density at radius 1 is 1.38 bits per heavy atom. The van der Waals surface area contributed by atoms with Crippen LogP contribution >= 0.6 is 27.5 Å². The first-order valence-electron chi connectivity index (χ1n) is 4.09. The lowest BCUT2D eigenvalue weighted by atomic mass is 10.0. The fourth-order valence-electron chi connectivity index (χ4n) is 1.14. The molecule has 1 aromatic rings. The largest absolute Gasteiger partial charge is 0.495 e. The maximum atomic E-state index is 6.00. The zero-order valence-electron chi connectivity index (χ0n) is 7.90. The molecule has 0 aliphatic carbocycles. The van der Waals surface area contributed by atoms with Crippen molar-refractivity contribution in [2.24, 2.45) is 0 Å². The molecule has 0 saturated carbocycles. The minimum atomic E-state index is 0.456. The number of hydrogen-bond acceptors (Lipinski definition) is 1. The molecule has 13 heavy (non-hydrogen) atoms. The third kappa shape index (κ3) is 2.38. The Balaban J connectivity index is 3.20. The molecule has 1 aromatic carbocycles. The van der Waals surface area contributed by atoms with E-state index in [2.05, 4.69) is 29.8 Å². The van der Waals surface area contributed by atoms with Crippen LogP contribution in [0.5, 0.6) is 5.75 Å². The summed E-state index contributed by atoms with van der Waals surface area (Å²) < 4.78 is 6.14. The van der Waals surface area contributed by atoms with E-state index in [-0.39, 0.29) is 0 Å². The van der Waals surface area contributed by atoms with Crippen LogP contribution < -0.4 is 4.74 Å². The molecule has 72 valence electrons. The topological polar surface area (TPSA) is 9.23 Å². The summed E-state index contributed by atoms with van der Waals surface area (Å²) >= 11 is 9.48. The summed E-state index contributed by atoms with van der Waals surface area (Å²) in [5.74, 6) is 1.16. The molecule has 0 unspecified atom stereocenters. The van der Waals surface area contributed by atoms with E-state index in [0.717, 1.165) is 4.47 Å². The van der Waals surface area contributed by atoms with Crippen LogP contribution in [0.4, 0.5) is 0 Å². The lowest BCUT2D eigenvalue weighted by Gasteiger charge is -2.11. The van der Waals surface area contributed by atoms with Crippen molar-refractivity contribution in [3.05, 3.63) is 27.2 Å². The zero-order valence-corrected chi connectivity index (χ0v) is 10.2. The molecule has 1 nitrogen and oxygen atoms in total. The molecule has 0 aliphatic heterocycles. The van der Waals surface area contributed by atoms with E-state index in [4.69, 9.17) is 16.3 Å². The van der Waals surface area contributed by atoms with E-state index < -0.39 is 0 Å². The highest BCUT2D eigenvalue weighted by Crippen LogP contribution is 2.34. The van der Waals surface area contributed by atoms with E-state index in [1.165, 1.54) is 5.56 Å². The molecule has 0 spiro atoms. The third-order valence-corrected chi connectivity index (χ3v) is 2.88. The van der Waals surface area contributed by atoms with Gasteiger partial charge in [0.2, 0.25) is 0 Å². The van der Waals surface area contributed by atoms with Crippen molar-refractivity contribution >= 4 is 27.5 Å². The number of hydrogen-bond donors (Lipinski definition) is 0. The van der Waals surface area contributed by atoms with E-state index in [1.807, 2.05) is 12.1 Å². The summed E-state index contributed by atoms with van der Waals surface area (Å²) in [7, 11) is 1.61. The van der Waals surface area contributed by atoms with Gasteiger partial charge in [0.1, 0.15) is 5.75 Å². The van der Waals surface area contributed by atoms with Gasteiger partial charge in [-0.3, -0.25) is 0 Å². The van der Waals surface area contributed by atoms with Crippen LogP contribution in [0.15, 0.2) is 16.6 Å². The molecule has 0 amide bonds. The van der Waals surface area contributed by atoms with Crippen LogP contribution in [0.25, 0.3) is 0 Å². The van der Waals surface area contributed by atoms with Gasteiger partial charge in [0.15, 0.2) is 0 Å². The Morgan fingerprint density at radius 3 is 2.46 bits per heavy atom. The molecule has 0 atom stereocenters. The Morgan fingerprint density at radius 2 is 2.00 bits per heavy atom. The van der Waals surface area contributed by atoms with Gasteiger partial charge < -0.3 is 4.74 Å². The number of ether oxygens (including phenoxy) is 1. The van der Waals surface area contributed by atoms with Crippen molar-refractivity contribution in [1.29, 1.82) is 0 Å². The number of halogens is 2. The molecular weight excluding hydrogens is 251 g/mol. The van der Waals surface area contributed by atoms with E-state index in [1.54, 1.807) is 7.11 Å². The Kier molecular flexibility index (Phi) is 3.63. The second-order valence-corrected chi connectivity index (χ2v) is 4.42. The first-order valence-corrected chi connectivity index (χ1v) is 5.26. The zero-order chi connectivity index (χ0) is 10.0. The van der Waals surface area contributed by atoms with E-state index in [0.29, 0.717) is 16.7 Å². The summed E-state index contributed by atoms with van der Waals surface area (Å²) in [6.07, 6.45) is 0. The summed E-state index contributed by atoms with van der Waals surface area (Å²) in [6.45, 7) is 4.26. The van der Waals surface area contributed by atoms with Crippen molar-refractivity contribution in [1.82, 2.24) is 0 Å². The molecule has 0 bridgehead atoms. The van der Waals surface area contributed by atoms with Gasteiger partial charge in [0, 0.05) is 4.47 Å². The van der Waals surface area contributed by atoms with Gasteiger partial charge in [-0.1, -0.05) is 41.4 Å². The monoisotopic (exact) mass is 262 g/mol. The van der Waals surface area contributed by atoms with Crippen LogP contribution in [0, 0.1) is 0 Å². The highest BCUT2D eigenvalue weighted by Gasteiger charge is 2.09. The number of benzene rings is 1. The van der Waals surface area contributed by atoms with Crippen LogP contribution in [-0.2, 0) is 0 Å². The predicted octanol–water partition coefficient (Wildman–Crippen LogP) is 4.23. The Labute approximate surface area is 92.2 Å². The van der Waals surface area contributed by atoms with Crippen LogP contribution in [-0.4, -0.2) is 7.11 Å². The lowest BCUT2D eigenvalue weighted by Crippen LogP contribution is -1.92. The summed E-state index contributed by atoms with van der Waals surface area (Å²) in [4.78, 5) is 0. The molecule has 3 heteroatoms. The first-order chi connectivity index (χ1) is 6.06. The van der Waals surface area contributed by atoms with Crippen molar-refractivity contribution in [2.45, 2.75) is 19.8 Å². The minimum absolute atomic E-state index is 0.456. The maximum Gasteiger partial charge on any atom is 0.138 e. The maximum absolute atomic E-state index is 6.00. The summed E-state index contributed by atoms with van der Waals surface area (Å²) in [6, 6.07) is 3.84. The molecule has 1 rings (SSSR count). The van der Waals surface area contributed by atoms with Crippen LogP contribution in [0.2, 0.25) is 5.02 Å². The number of methoxy groups -OCH3 is 1. The van der Waals surface area contributed by atoms with E-state index >= 15 is 0 Å². The van der Waals surface area contributed by atoms with Crippen LogP contribution in [0.1, 0.15) is 25.3 Å². The van der Waals surface area contributed by atoms with Crippen molar-refractivity contribution in [3.8, 4) is 5.75 Å². The smallest absolute Gasteiger partial charge is 0.138 e. The van der Waals surface area contributed by atoms with Gasteiger partial charge in [-0.2, -0.15) is 0 Å². The lowest BCUT2D eigenvalue weighted by molar-refractivity contribution is 0.414. The van der Waals surface area contributed by atoms with Gasteiger partial charge in [-0.05, 0) is 23.6 Å². The molecule has 0 radical (unpaired) electrons. The highest BCUT2D eigenvalue weighted by molar-refractivity contribution is 9.10. The predicted molar refractivity (Wildman–Crippen MR) is 59.8 cm³/mol. The molecule has 0 fully saturated rings. The molecule has 0 aliphatic rings. The summed E-state index contributed by atoms with van der Waals surface area (Å²) in [5, 5.41) is 0.661. The van der Waals surface area contributed by atoms with Gasteiger partial charge in [-0.15, -0.1) is 0 Å². The second-order valence-electron chi connectivity index (χ2n) is 3.16. The minimum Gasteiger partial charge on any atom is -0.495 e. The molecule has 0 N–H and O–H groups in total. The van der Waals surface area contributed by atoms with Crippen molar-refractivity contribution < 1.29 is 4.74 Å². The van der Waals surface area contributed by atoms with Crippen molar-refractivity contribution in [2.75, 3.05) is 7.11 Å². The van der Waals surface area contributed by atoms with Gasteiger partial charge in [0.05, 0.1) is 12.1 Å². The van der Waals surface area contributed by atoms with Gasteiger partial charge in [0.25, 0.3) is 0 Å². The normalized spacial score (nSPS) is 10.6. The molecular formula is C10H12BrClO. The fraction of sp³-hybridized carbons (Fsp3) is 0.400. The van der Waals surface area contributed by atoms with Gasteiger partial charge in [-0.25, -0.2) is 0 Å². The molecule has 0 heterocycles. The summed E-state index contributed by atoms with van der Waals surface area (Å²) in [5.41, 5.74) is 1.20. The Hall–Kier alpha value is -0.210. The first kappa shape index (κ1) is 10.9. The second kappa shape index (κ2) is 4.34. The SMILES string of the molecule is COc1cc(Br)c(C(C)C)cc1Cl. The molecule has 0 aromatic heterocycles. The third-order valence-electron chi connectivity index (χ3n) is 1.89. The quantitative estimate of drug-likeness (QED) is 0.776. The number of rotatable bonds is 2. The Bertz CT molecular complexity index is 310. The molecule has 0 saturated heterocycles. The average molecular weight is 264 g/mol.